The molecule has 0 saturated carbocycles. The summed E-state index contributed by atoms with van der Waals surface area (Å²) in [5.41, 5.74) is 2.47. The Balaban J connectivity index is 1.51. The average molecular weight is 402 g/mol. The van der Waals surface area contributed by atoms with Gasteiger partial charge < -0.3 is 19.3 Å². The zero-order valence-corrected chi connectivity index (χ0v) is 16.6. The van der Waals surface area contributed by atoms with Crippen molar-refractivity contribution in [3.05, 3.63) is 95.6 Å². The van der Waals surface area contributed by atoms with E-state index in [2.05, 4.69) is 0 Å². The van der Waals surface area contributed by atoms with E-state index in [-0.39, 0.29) is 6.79 Å². The molecule has 0 bridgehead atoms. The number of para-hydroxylation sites is 1. The quantitative estimate of drug-likeness (QED) is 0.524. The minimum Gasteiger partial charge on any atom is -0.481 e. The first-order valence-electron chi connectivity index (χ1n) is 9.71. The molecule has 0 amide bonds. The van der Waals surface area contributed by atoms with E-state index in [4.69, 9.17) is 14.2 Å². The second kappa shape index (κ2) is 8.74. The van der Waals surface area contributed by atoms with Crippen LogP contribution in [-0.2, 0) is 11.2 Å². The average Bonchev–Trinajstić information content (AvgIpc) is 3.21. The Hall–Kier alpha value is -3.73. The van der Waals surface area contributed by atoms with E-state index in [9.17, 15) is 9.90 Å². The molecule has 30 heavy (non-hydrogen) atoms. The summed E-state index contributed by atoms with van der Waals surface area (Å²) >= 11 is 0. The van der Waals surface area contributed by atoms with Gasteiger partial charge in [-0.3, -0.25) is 4.79 Å². The van der Waals surface area contributed by atoms with E-state index in [0.717, 1.165) is 22.6 Å². The number of carboxylic acids is 1. The number of ether oxygens (including phenoxy) is 3. The standard InChI is InChI=1S/C25H22O5/c1-17(24(25(26)27)19-12-13-22-23(15-19)29-16-28-22)10-11-18-6-5-9-21(14-18)30-20-7-3-2-4-8-20/h2-10,12-15,24H,11,16H2,1H3,(H,26,27). The highest BCUT2D eigenvalue weighted by Crippen LogP contribution is 2.36. The lowest BCUT2D eigenvalue weighted by Gasteiger charge is -2.15. The fraction of sp³-hybridized carbons (Fsp3) is 0.160. The van der Waals surface area contributed by atoms with Gasteiger partial charge in [-0.1, -0.05) is 48.0 Å². The number of allylic oxidation sites excluding steroid dienone is 1. The van der Waals surface area contributed by atoms with Crippen molar-refractivity contribution in [2.45, 2.75) is 19.3 Å². The van der Waals surface area contributed by atoms with E-state index in [1.807, 2.05) is 67.6 Å². The molecule has 1 N–H and O–H groups in total. The van der Waals surface area contributed by atoms with Crippen LogP contribution in [0.25, 0.3) is 0 Å². The lowest BCUT2D eigenvalue weighted by molar-refractivity contribution is -0.137. The van der Waals surface area contributed by atoms with Crippen molar-refractivity contribution >= 4 is 5.97 Å². The van der Waals surface area contributed by atoms with Crippen LogP contribution in [0.5, 0.6) is 23.0 Å². The zero-order valence-electron chi connectivity index (χ0n) is 16.6. The van der Waals surface area contributed by atoms with Crippen molar-refractivity contribution in [2.24, 2.45) is 0 Å². The molecule has 0 spiro atoms. The number of rotatable bonds is 7. The van der Waals surface area contributed by atoms with E-state index >= 15 is 0 Å². The normalized spacial score (nSPS) is 13.7. The molecule has 0 radical (unpaired) electrons. The summed E-state index contributed by atoms with van der Waals surface area (Å²) in [5.74, 6) is 1.09. The van der Waals surface area contributed by atoms with Gasteiger partial charge in [-0.05, 0) is 60.9 Å². The summed E-state index contributed by atoms with van der Waals surface area (Å²) < 4.78 is 16.6. The summed E-state index contributed by atoms with van der Waals surface area (Å²) in [6, 6.07) is 22.7. The molecule has 4 rings (SSSR count). The Labute approximate surface area is 175 Å². The molecule has 3 aromatic rings. The van der Waals surface area contributed by atoms with Crippen LogP contribution in [0.2, 0.25) is 0 Å². The van der Waals surface area contributed by atoms with Gasteiger partial charge in [0.15, 0.2) is 11.5 Å². The number of hydrogen-bond donors (Lipinski definition) is 1. The molecule has 0 aromatic heterocycles. The van der Waals surface area contributed by atoms with Gasteiger partial charge in [0, 0.05) is 0 Å². The van der Waals surface area contributed by atoms with Crippen molar-refractivity contribution in [1.82, 2.24) is 0 Å². The summed E-state index contributed by atoms with van der Waals surface area (Å²) in [7, 11) is 0. The van der Waals surface area contributed by atoms with Gasteiger partial charge in [-0.15, -0.1) is 0 Å². The second-order valence-electron chi connectivity index (χ2n) is 7.10. The lowest BCUT2D eigenvalue weighted by atomic mass is 9.90. The third-order valence-corrected chi connectivity index (χ3v) is 4.97. The Kier molecular flexibility index (Phi) is 5.70. The molecule has 1 heterocycles. The fourth-order valence-corrected chi connectivity index (χ4v) is 3.45. The summed E-state index contributed by atoms with van der Waals surface area (Å²) in [4.78, 5) is 12.0. The van der Waals surface area contributed by atoms with Crippen molar-refractivity contribution in [2.75, 3.05) is 6.79 Å². The van der Waals surface area contributed by atoms with Crippen LogP contribution in [-0.4, -0.2) is 17.9 Å². The van der Waals surface area contributed by atoms with Crippen LogP contribution in [0.3, 0.4) is 0 Å². The van der Waals surface area contributed by atoms with E-state index in [0.29, 0.717) is 23.5 Å². The number of benzene rings is 3. The molecule has 3 aromatic carbocycles. The van der Waals surface area contributed by atoms with Crippen molar-refractivity contribution in [1.29, 1.82) is 0 Å². The first-order valence-corrected chi connectivity index (χ1v) is 9.71. The number of hydrogen-bond acceptors (Lipinski definition) is 4. The Bertz CT molecular complexity index is 1070. The van der Waals surface area contributed by atoms with Gasteiger partial charge in [0.25, 0.3) is 0 Å². The van der Waals surface area contributed by atoms with Gasteiger partial charge in [0.2, 0.25) is 6.79 Å². The fourth-order valence-electron chi connectivity index (χ4n) is 3.45. The summed E-state index contributed by atoms with van der Waals surface area (Å²) in [6.45, 7) is 2.00. The molecule has 0 saturated heterocycles. The van der Waals surface area contributed by atoms with E-state index in [1.54, 1.807) is 18.2 Å². The third-order valence-electron chi connectivity index (χ3n) is 4.97. The largest absolute Gasteiger partial charge is 0.481 e. The zero-order chi connectivity index (χ0) is 20.9. The molecule has 0 fully saturated rings. The first kappa shape index (κ1) is 19.6. The monoisotopic (exact) mass is 402 g/mol. The Morgan fingerprint density at radius 3 is 2.57 bits per heavy atom. The van der Waals surface area contributed by atoms with E-state index < -0.39 is 11.9 Å². The summed E-state index contributed by atoms with van der Waals surface area (Å²) in [5, 5.41) is 9.82. The predicted octanol–water partition coefficient (Wildman–Crippen LogP) is 5.56. The van der Waals surface area contributed by atoms with E-state index in [1.165, 1.54) is 0 Å². The maximum atomic E-state index is 12.0. The molecular formula is C25H22O5. The van der Waals surface area contributed by atoms with Crippen molar-refractivity contribution in [3.63, 3.8) is 0 Å². The maximum absolute atomic E-state index is 12.0. The molecule has 0 aliphatic carbocycles. The first-order chi connectivity index (χ1) is 14.6. The third kappa shape index (κ3) is 4.46. The second-order valence-corrected chi connectivity index (χ2v) is 7.10. The highest BCUT2D eigenvalue weighted by Gasteiger charge is 2.24. The minimum atomic E-state index is -0.899. The molecular weight excluding hydrogens is 380 g/mol. The van der Waals surface area contributed by atoms with Gasteiger partial charge in [0.1, 0.15) is 17.4 Å². The van der Waals surface area contributed by atoms with Crippen LogP contribution in [0.15, 0.2) is 84.4 Å². The van der Waals surface area contributed by atoms with Crippen LogP contribution in [0, 0.1) is 0 Å². The molecule has 1 unspecified atom stereocenters. The maximum Gasteiger partial charge on any atom is 0.315 e. The van der Waals surface area contributed by atoms with Crippen LogP contribution >= 0.6 is 0 Å². The van der Waals surface area contributed by atoms with Crippen LogP contribution in [0.4, 0.5) is 0 Å². The lowest BCUT2D eigenvalue weighted by Crippen LogP contribution is -2.13. The van der Waals surface area contributed by atoms with Gasteiger partial charge in [-0.2, -0.15) is 0 Å². The smallest absolute Gasteiger partial charge is 0.315 e. The molecule has 152 valence electrons. The number of aliphatic carboxylic acids is 1. The minimum absolute atomic E-state index is 0.159. The van der Waals surface area contributed by atoms with Gasteiger partial charge in [-0.25, -0.2) is 0 Å². The Morgan fingerprint density at radius 1 is 1.00 bits per heavy atom. The topological polar surface area (TPSA) is 65.0 Å². The SMILES string of the molecule is CC(=CCc1cccc(Oc2ccccc2)c1)C(C(=O)O)c1ccc2c(c1)OCO2. The van der Waals surface area contributed by atoms with Crippen molar-refractivity contribution < 1.29 is 24.1 Å². The molecule has 1 aliphatic rings. The predicted molar refractivity (Wildman–Crippen MR) is 113 cm³/mol. The molecule has 1 aliphatic heterocycles. The van der Waals surface area contributed by atoms with Gasteiger partial charge >= 0.3 is 5.97 Å². The highest BCUT2D eigenvalue weighted by atomic mass is 16.7. The summed E-state index contributed by atoms with van der Waals surface area (Å²) in [6.07, 6.45) is 2.55. The highest BCUT2D eigenvalue weighted by molar-refractivity contribution is 5.80. The van der Waals surface area contributed by atoms with Gasteiger partial charge in [0.05, 0.1) is 0 Å². The van der Waals surface area contributed by atoms with Crippen LogP contribution in [0.1, 0.15) is 24.0 Å². The van der Waals surface area contributed by atoms with Crippen LogP contribution < -0.4 is 14.2 Å². The number of carbonyl (C=O) groups is 1. The molecule has 5 nitrogen and oxygen atoms in total. The number of fused-ring (bicyclic) bond motifs is 1. The Morgan fingerprint density at radius 2 is 1.77 bits per heavy atom. The van der Waals surface area contributed by atoms with Crippen molar-refractivity contribution in [3.8, 4) is 23.0 Å². The molecule has 5 heteroatoms. The molecule has 1 atom stereocenters. The number of carboxylic acid groups (broad SMARTS) is 1.